The van der Waals surface area contributed by atoms with Crippen LogP contribution in [0.15, 0.2) is 18.3 Å². The summed E-state index contributed by atoms with van der Waals surface area (Å²) in [4.78, 5) is 17.6. The van der Waals surface area contributed by atoms with Gasteiger partial charge in [0.25, 0.3) is 0 Å². The van der Waals surface area contributed by atoms with Crippen LogP contribution in [0.25, 0.3) is 0 Å². The van der Waals surface area contributed by atoms with E-state index in [1.54, 1.807) is 19.4 Å². The van der Waals surface area contributed by atoms with Gasteiger partial charge in [0.15, 0.2) is 0 Å². The zero-order valence-corrected chi connectivity index (χ0v) is 11.9. The van der Waals surface area contributed by atoms with E-state index in [9.17, 15) is 9.90 Å². The molecule has 2 heterocycles. The highest BCUT2D eigenvalue weighted by Crippen LogP contribution is 2.27. The second-order valence-corrected chi connectivity index (χ2v) is 5.20. The Morgan fingerprint density at radius 1 is 1.35 bits per heavy atom. The fourth-order valence-corrected chi connectivity index (χ4v) is 2.74. The Balaban J connectivity index is 2.18. The second-order valence-electron chi connectivity index (χ2n) is 5.20. The second kappa shape index (κ2) is 7.24. The van der Waals surface area contributed by atoms with E-state index in [2.05, 4.69) is 9.88 Å². The normalized spacial score (nSPS) is 18.2. The van der Waals surface area contributed by atoms with Gasteiger partial charge >= 0.3 is 5.97 Å². The summed E-state index contributed by atoms with van der Waals surface area (Å²) in [6.45, 7) is 1.92. The molecule has 20 heavy (non-hydrogen) atoms. The van der Waals surface area contributed by atoms with E-state index < -0.39 is 5.97 Å². The first kappa shape index (κ1) is 14.8. The van der Waals surface area contributed by atoms with Gasteiger partial charge in [-0.1, -0.05) is 18.9 Å². The quantitative estimate of drug-likeness (QED) is 0.896. The molecule has 110 valence electrons. The van der Waals surface area contributed by atoms with Gasteiger partial charge in [-0.3, -0.25) is 9.69 Å². The lowest BCUT2D eigenvalue weighted by molar-refractivity contribution is -0.138. The molecule has 5 heteroatoms. The third kappa shape index (κ3) is 3.93. The van der Waals surface area contributed by atoms with Crippen molar-refractivity contribution in [2.45, 2.75) is 38.1 Å². The molecule has 0 saturated carbocycles. The standard InChI is InChI=1S/C15H22N2O3/c1-20-14-7-6-12(11-16-14)13(10-15(18)19)17-8-4-2-3-5-9-17/h6-7,11,13H,2-5,8-10H2,1H3,(H,18,19). The number of ether oxygens (including phenoxy) is 1. The Morgan fingerprint density at radius 2 is 2.05 bits per heavy atom. The van der Waals surface area contributed by atoms with Crippen molar-refractivity contribution in [1.82, 2.24) is 9.88 Å². The van der Waals surface area contributed by atoms with Crippen LogP contribution in [0.4, 0.5) is 0 Å². The number of nitrogens with zero attached hydrogens (tertiary/aromatic N) is 2. The molecule has 0 amide bonds. The van der Waals surface area contributed by atoms with Gasteiger partial charge in [-0.15, -0.1) is 0 Å². The van der Waals surface area contributed by atoms with Gasteiger partial charge in [0, 0.05) is 18.3 Å². The number of aromatic nitrogens is 1. The first-order valence-corrected chi connectivity index (χ1v) is 7.16. The van der Waals surface area contributed by atoms with Crippen molar-refractivity contribution in [3.63, 3.8) is 0 Å². The van der Waals surface area contributed by atoms with E-state index in [0.717, 1.165) is 31.5 Å². The molecule has 1 fully saturated rings. The highest BCUT2D eigenvalue weighted by atomic mass is 16.5. The van der Waals surface area contributed by atoms with Crippen LogP contribution >= 0.6 is 0 Å². The topological polar surface area (TPSA) is 62.7 Å². The molecule has 0 spiro atoms. The van der Waals surface area contributed by atoms with Gasteiger partial charge in [0.05, 0.1) is 13.5 Å². The van der Waals surface area contributed by atoms with Crippen molar-refractivity contribution in [3.05, 3.63) is 23.9 Å². The number of rotatable bonds is 5. The highest BCUT2D eigenvalue weighted by molar-refractivity contribution is 5.67. The fraction of sp³-hybridized carbons (Fsp3) is 0.600. The van der Waals surface area contributed by atoms with E-state index in [4.69, 9.17) is 4.74 Å². The fourth-order valence-electron chi connectivity index (χ4n) is 2.74. The average Bonchev–Trinajstić information content (AvgIpc) is 2.74. The van der Waals surface area contributed by atoms with Gasteiger partial charge in [-0.2, -0.15) is 0 Å². The average molecular weight is 278 g/mol. The highest BCUT2D eigenvalue weighted by Gasteiger charge is 2.24. The lowest BCUT2D eigenvalue weighted by atomic mass is 10.0. The first-order chi connectivity index (χ1) is 9.70. The summed E-state index contributed by atoms with van der Waals surface area (Å²) in [6.07, 6.45) is 6.60. The predicted octanol–water partition coefficient (Wildman–Crippen LogP) is 2.48. The zero-order valence-electron chi connectivity index (χ0n) is 11.9. The van der Waals surface area contributed by atoms with Crippen LogP contribution in [0.2, 0.25) is 0 Å². The van der Waals surface area contributed by atoms with Crippen LogP contribution in [0, 0.1) is 0 Å². The van der Waals surface area contributed by atoms with Gasteiger partial charge in [-0.05, 0) is 31.5 Å². The monoisotopic (exact) mass is 278 g/mol. The number of carbonyl (C=O) groups is 1. The van der Waals surface area contributed by atoms with E-state index in [1.807, 2.05) is 6.07 Å². The summed E-state index contributed by atoms with van der Waals surface area (Å²) in [6, 6.07) is 3.62. The molecule has 1 unspecified atom stereocenters. The minimum absolute atomic E-state index is 0.0935. The summed E-state index contributed by atoms with van der Waals surface area (Å²) in [7, 11) is 1.57. The Kier molecular flexibility index (Phi) is 5.35. The number of hydrogen-bond acceptors (Lipinski definition) is 4. The van der Waals surface area contributed by atoms with Crippen LogP contribution in [0.5, 0.6) is 5.88 Å². The maximum absolute atomic E-state index is 11.2. The summed E-state index contributed by atoms with van der Waals surface area (Å²) in [5.41, 5.74) is 0.954. The lowest BCUT2D eigenvalue weighted by Crippen LogP contribution is -2.31. The maximum atomic E-state index is 11.2. The van der Waals surface area contributed by atoms with Crippen molar-refractivity contribution in [2.24, 2.45) is 0 Å². The molecular weight excluding hydrogens is 256 g/mol. The molecule has 0 bridgehead atoms. The molecule has 1 atom stereocenters. The van der Waals surface area contributed by atoms with E-state index >= 15 is 0 Å². The van der Waals surface area contributed by atoms with Crippen LogP contribution in [-0.4, -0.2) is 41.2 Å². The number of pyridine rings is 1. The summed E-state index contributed by atoms with van der Waals surface area (Å²) in [5, 5.41) is 9.18. The number of carboxylic acid groups (broad SMARTS) is 1. The number of likely N-dealkylation sites (tertiary alicyclic amines) is 1. The van der Waals surface area contributed by atoms with E-state index in [0.29, 0.717) is 5.88 Å². The van der Waals surface area contributed by atoms with Gasteiger partial charge in [-0.25, -0.2) is 4.98 Å². The lowest BCUT2D eigenvalue weighted by Gasteiger charge is -2.29. The third-order valence-electron chi connectivity index (χ3n) is 3.80. The largest absolute Gasteiger partial charge is 0.481 e. The van der Waals surface area contributed by atoms with Crippen LogP contribution in [0.1, 0.15) is 43.7 Å². The first-order valence-electron chi connectivity index (χ1n) is 7.16. The SMILES string of the molecule is COc1ccc(C(CC(=O)O)N2CCCCCC2)cn1. The van der Waals surface area contributed by atoms with E-state index in [1.165, 1.54) is 12.8 Å². The molecule has 1 aliphatic heterocycles. The molecule has 5 nitrogen and oxygen atoms in total. The maximum Gasteiger partial charge on any atom is 0.305 e. The van der Waals surface area contributed by atoms with Crippen molar-refractivity contribution in [3.8, 4) is 5.88 Å². The van der Waals surface area contributed by atoms with E-state index in [-0.39, 0.29) is 12.5 Å². The number of hydrogen-bond donors (Lipinski definition) is 1. The summed E-state index contributed by atoms with van der Waals surface area (Å²) >= 11 is 0. The molecule has 1 N–H and O–H groups in total. The Labute approximate surface area is 119 Å². The molecule has 1 aliphatic rings. The minimum atomic E-state index is -0.768. The molecule has 2 rings (SSSR count). The number of methoxy groups -OCH3 is 1. The zero-order chi connectivity index (χ0) is 14.4. The summed E-state index contributed by atoms with van der Waals surface area (Å²) < 4.78 is 5.05. The number of aliphatic carboxylic acids is 1. The van der Waals surface area contributed by atoms with Crippen LogP contribution in [-0.2, 0) is 4.79 Å². The molecule has 1 aromatic heterocycles. The van der Waals surface area contributed by atoms with Crippen LogP contribution in [0.3, 0.4) is 0 Å². The molecule has 0 aliphatic carbocycles. The van der Waals surface area contributed by atoms with Crippen molar-refractivity contribution in [1.29, 1.82) is 0 Å². The predicted molar refractivity (Wildman–Crippen MR) is 75.8 cm³/mol. The van der Waals surface area contributed by atoms with Gasteiger partial charge in [0.2, 0.25) is 5.88 Å². The van der Waals surface area contributed by atoms with Crippen molar-refractivity contribution in [2.75, 3.05) is 20.2 Å². The van der Waals surface area contributed by atoms with Gasteiger partial charge < -0.3 is 9.84 Å². The molecule has 0 radical (unpaired) electrons. The Hall–Kier alpha value is -1.62. The molecule has 1 aromatic rings. The molecule has 1 saturated heterocycles. The van der Waals surface area contributed by atoms with Gasteiger partial charge in [0.1, 0.15) is 0 Å². The summed E-state index contributed by atoms with van der Waals surface area (Å²) in [5.74, 6) is -0.214. The smallest absolute Gasteiger partial charge is 0.305 e. The third-order valence-corrected chi connectivity index (χ3v) is 3.80. The molecular formula is C15H22N2O3. The van der Waals surface area contributed by atoms with Crippen LogP contribution < -0.4 is 4.74 Å². The number of carboxylic acids is 1. The Morgan fingerprint density at radius 3 is 2.55 bits per heavy atom. The van der Waals surface area contributed by atoms with Crippen molar-refractivity contribution >= 4 is 5.97 Å². The minimum Gasteiger partial charge on any atom is -0.481 e. The molecule has 0 aromatic carbocycles. The Bertz CT molecular complexity index is 425. The van der Waals surface area contributed by atoms with Crippen molar-refractivity contribution < 1.29 is 14.6 Å².